The zero-order valence-corrected chi connectivity index (χ0v) is 12.9. The van der Waals surface area contributed by atoms with Gasteiger partial charge in [0.15, 0.2) is 5.69 Å². The second-order valence-electron chi connectivity index (χ2n) is 5.21. The smallest absolute Gasteiger partial charge is 0.280 e. The lowest BCUT2D eigenvalue weighted by molar-refractivity contribution is 0.101. The molecule has 0 fully saturated rings. The van der Waals surface area contributed by atoms with Crippen LogP contribution in [0.3, 0.4) is 0 Å². The van der Waals surface area contributed by atoms with Gasteiger partial charge < -0.3 is 5.32 Å². The monoisotopic (exact) mass is 323 g/mol. The van der Waals surface area contributed by atoms with Crippen LogP contribution in [-0.4, -0.2) is 15.7 Å². The third kappa shape index (κ3) is 3.22. The first kappa shape index (κ1) is 15.6. The van der Waals surface area contributed by atoms with Gasteiger partial charge in [-0.1, -0.05) is 18.2 Å². The molecule has 0 unspecified atom stereocenters. The number of aromatic nitrogens is 2. The summed E-state index contributed by atoms with van der Waals surface area (Å²) in [7, 11) is 0. The molecule has 0 aliphatic rings. The van der Waals surface area contributed by atoms with Crippen LogP contribution in [0.5, 0.6) is 0 Å². The number of benzene rings is 2. The molecule has 2 aromatic carbocycles. The number of hydrogen-bond acceptors (Lipinski definition) is 3. The second-order valence-corrected chi connectivity index (χ2v) is 5.21. The Labute approximate surface area is 137 Å². The number of halogens is 1. The van der Waals surface area contributed by atoms with Crippen molar-refractivity contribution in [3.8, 4) is 5.69 Å². The fraction of sp³-hybridized carbons (Fsp3) is 0.0556. The maximum Gasteiger partial charge on any atom is 0.280 e. The van der Waals surface area contributed by atoms with Gasteiger partial charge in [0.1, 0.15) is 5.82 Å². The number of carbonyl (C=O) groups is 1. The van der Waals surface area contributed by atoms with Gasteiger partial charge in [0, 0.05) is 17.4 Å². The summed E-state index contributed by atoms with van der Waals surface area (Å²) in [6.07, 6.45) is 0. The average Bonchev–Trinajstić information content (AvgIpc) is 2.58. The first-order chi connectivity index (χ1) is 11.5. The highest BCUT2D eigenvalue weighted by Gasteiger charge is 2.15. The van der Waals surface area contributed by atoms with Crippen LogP contribution in [0, 0.1) is 12.7 Å². The fourth-order valence-electron chi connectivity index (χ4n) is 2.26. The highest BCUT2D eigenvalue weighted by molar-refractivity contribution is 6.02. The molecule has 5 nitrogen and oxygen atoms in total. The molecule has 0 bridgehead atoms. The Bertz CT molecular complexity index is 935. The number of anilines is 1. The van der Waals surface area contributed by atoms with Gasteiger partial charge in [0.2, 0.25) is 5.43 Å². The molecule has 1 heterocycles. The lowest BCUT2D eigenvalue weighted by Crippen LogP contribution is -2.26. The second kappa shape index (κ2) is 6.45. The Kier molecular flexibility index (Phi) is 4.20. The quantitative estimate of drug-likeness (QED) is 0.806. The SMILES string of the molecule is Cc1cc(=O)c(C(=O)Nc2ccc(F)cc2)nn1-c1ccccc1. The Balaban J connectivity index is 1.97. The molecule has 1 amide bonds. The summed E-state index contributed by atoms with van der Waals surface area (Å²) in [6.45, 7) is 1.74. The fourth-order valence-corrected chi connectivity index (χ4v) is 2.26. The van der Waals surface area contributed by atoms with Crippen LogP contribution in [0.4, 0.5) is 10.1 Å². The van der Waals surface area contributed by atoms with Gasteiger partial charge in [0.25, 0.3) is 5.91 Å². The van der Waals surface area contributed by atoms with E-state index in [1.165, 1.54) is 35.0 Å². The number of para-hydroxylation sites is 1. The van der Waals surface area contributed by atoms with Crippen molar-refractivity contribution in [1.29, 1.82) is 0 Å². The van der Waals surface area contributed by atoms with Crippen LogP contribution >= 0.6 is 0 Å². The minimum atomic E-state index is -0.642. The molecule has 0 spiro atoms. The molecule has 120 valence electrons. The predicted molar refractivity (Wildman–Crippen MR) is 88.9 cm³/mol. The molecular weight excluding hydrogens is 309 g/mol. The van der Waals surface area contributed by atoms with Gasteiger partial charge in [0.05, 0.1) is 5.69 Å². The number of nitrogens with zero attached hydrogens (tertiary/aromatic N) is 2. The molecule has 0 aliphatic heterocycles. The summed E-state index contributed by atoms with van der Waals surface area (Å²) in [5.41, 5.74) is 1.04. The normalized spacial score (nSPS) is 10.4. The number of nitrogens with one attached hydrogen (secondary N) is 1. The van der Waals surface area contributed by atoms with Gasteiger partial charge >= 0.3 is 0 Å². The minimum absolute atomic E-state index is 0.228. The summed E-state index contributed by atoms with van der Waals surface area (Å²) >= 11 is 0. The van der Waals surface area contributed by atoms with Crippen LogP contribution in [0.25, 0.3) is 5.69 Å². The maximum atomic E-state index is 12.9. The molecule has 1 aromatic heterocycles. The molecule has 1 N–H and O–H groups in total. The van der Waals surface area contributed by atoms with Gasteiger partial charge in [-0.2, -0.15) is 5.10 Å². The van der Waals surface area contributed by atoms with Crippen LogP contribution in [0.1, 0.15) is 16.2 Å². The zero-order valence-electron chi connectivity index (χ0n) is 12.9. The van der Waals surface area contributed by atoms with E-state index in [0.717, 1.165) is 5.69 Å². The van der Waals surface area contributed by atoms with Gasteiger partial charge in [-0.3, -0.25) is 9.59 Å². The first-order valence-corrected chi connectivity index (χ1v) is 7.28. The third-order valence-electron chi connectivity index (χ3n) is 3.43. The Hall–Kier alpha value is -3.28. The summed E-state index contributed by atoms with van der Waals surface area (Å²) in [4.78, 5) is 24.4. The van der Waals surface area contributed by atoms with Crippen molar-refractivity contribution < 1.29 is 9.18 Å². The van der Waals surface area contributed by atoms with E-state index >= 15 is 0 Å². The maximum absolute atomic E-state index is 12.9. The van der Waals surface area contributed by atoms with Crippen molar-refractivity contribution in [3.05, 3.63) is 88.1 Å². The molecule has 0 atom stereocenters. The lowest BCUT2D eigenvalue weighted by Gasteiger charge is -2.11. The van der Waals surface area contributed by atoms with E-state index in [1.807, 2.05) is 30.3 Å². The highest BCUT2D eigenvalue weighted by Crippen LogP contribution is 2.11. The van der Waals surface area contributed by atoms with Crippen molar-refractivity contribution in [1.82, 2.24) is 9.78 Å². The Morgan fingerprint density at radius 2 is 1.75 bits per heavy atom. The largest absolute Gasteiger partial charge is 0.320 e. The topological polar surface area (TPSA) is 64.0 Å². The van der Waals surface area contributed by atoms with Crippen LogP contribution in [0.2, 0.25) is 0 Å². The molecule has 3 rings (SSSR count). The minimum Gasteiger partial charge on any atom is -0.320 e. The van der Waals surface area contributed by atoms with E-state index in [1.54, 1.807) is 6.92 Å². The Morgan fingerprint density at radius 3 is 2.42 bits per heavy atom. The zero-order chi connectivity index (χ0) is 17.1. The van der Waals surface area contributed by atoms with E-state index < -0.39 is 17.2 Å². The molecule has 0 radical (unpaired) electrons. The standard InChI is InChI=1S/C18H14FN3O2/c1-12-11-16(23)17(21-22(12)15-5-3-2-4-6-15)18(24)20-14-9-7-13(19)8-10-14/h2-11H,1H3,(H,20,24). The lowest BCUT2D eigenvalue weighted by atomic mass is 10.2. The number of carbonyl (C=O) groups excluding carboxylic acids is 1. The van der Waals surface area contributed by atoms with Gasteiger partial charge in [-0.15, -0.1) is 0 Å². The molecule has 0 aliphatic carbocycles. The number of rotatable bonds is 3. The van der Waals surface area contributed by atoms with Gasteiger partial charge in [-0.05, 0) is 43.3 Å². The number of aryl methyl sites for hydroxylation is 1. The summed E-state index contributed by atoms with van der Waals surface area (Å²) < 4.78 is 14.4. The molecule has 0 saturated carbocycles. The molecule has 6 heteroatoms. The first-order valence-electron chi connectivity index (χ1n) is 7.28. The molecule has 3 aromatic rings. The van der Waals surface area contributed by atoms with E-state index in [4.69, 9.17) is 0 Å². The number of hydrogen-bond donors (Lipinski definition) is 1. The van der Waals surface area contributed by atoms with E-state index in [2.05, 4.69) is 10.4 Å². The molecule has 24 heavy (non-hydrogen) atoms. The van der Waals surface area contributed by atoms with Crippen molar-refractivity contribution in [2.75, 3.05) is 5.32 Å². The van der Waals surface area contributed by atoms with Gasteiger partial charge in [-0.25, -0.2) is 9.07 Å². The van der Waals surface area contributed by atoms with E-state index in [9.17, 15) is 14.0 Å². The van der Waals surface area contributed by atoms with Crippen molar-refractivity contribution >= 4 is 11.6 Å². The number of amides is 1. The molecular formula is C18H14FN3O2. The van der Waals surface area contributed by atoms with E-state index in [-0.39, 0.29) is 5.69 Å². The van der Waals surface area contributed by atoms with Crippen LogP contribution in [-0.2, 0) is 0 Å². The molecule has 0 saturated heterocycles. The summed E-state index contributed by atoms with van der Waals surface area (Å²) in [5, 5.41) is 6.72. The van der Waals surface area contributed by atoms with E-state index in [0.29, 0.717) is 11.4 Å². The average molecular weight is 323 g/mol. The highest BCUT2D eigenvalue weighted by atomic mass is 19.1. The van der Waals surface area contributed by atoms with Crippen molar-refractivity contribution in [2.24, 2.45) is 0 Å². The third-order valence-corrected chi connectivity index (χ3v) is 3.43. The van der Waals surface area contributed by atoms with Crippen LogP contribution in [0.15, 0.2) is 65.5 Å². The van der Waals surface area contributed by atoms with Crippen molar-refractivity contribution in [3.63, 3.8) is 0 Å². The Morgan fingerprint density at radius 1 is 1.08 bits per heavy atom. The summed E-state index contributed by atoms with van der Waals surface area (Å²) in [6, 6.07) is 15.8. The van der Waals surface area contributed by atoms with Crippen LogP contribution < -0.4 is 10.7 Å². The van der Waals surface area contributed by atoms with Crippen molar-refractivity contribution in [2.45, 2.75) is 6.92 Å². The predicted octanol–water partition coefficient (Wildman–Crippen LogP) is 2.93. The summed E-state index contributed by atoms with van der Waals surface area (Å²) in [5.74, 6) is -1.05.